The molecule has 3 aromatic rings. The number of carbonyl (C=O) groups is 1. The lowest BCUT2D eigenvalue weighted by Gasteiger charge is -2.40. The fourth-order valence-electron chi connectivity index (χ4n) is 4.61. The van der Waals surface area contributed by atoms with E-state index >= 15 is 0 Å². The first-order valence-electron chi connectivity index (χ1n) is 13.1. The Morgan fingerprint density at radius 2 is 1.73 bits per heavy atom. The summed E-state index contributed by atoms with van der Waals surface area (Å²) in [6.45, 7) is 3.92. The van der Waals surface area contributed by atoms with Crippen LogP contribution in [0.15, 0.2) is 48.7 Å². The van der Waals surface area contributed by atoms with Gasteiger partial charge in [-0.15, -0.1) is 0 Å². The number of unbranched alkanes of at least 4 members (excludes halogenated alkanes) is 2. The van der Waals surface area contributed by atoms with Crippen molar-refractivity contribution >= 4 is 16.9 Å². The SMILES string of the molecule is CCCCCC(=O)OC[C@H]1O[C@@H](Oc2cccc3[nH]cc(Cc4ccc(CC)cc4)c23)[C@H](O)[C@@H](O)[C@@H]1O. The van der Waals surface area contributed by atoms with Crippen molar-refractivity contribution in [2.75, 3.05) is 6.61 Å². The average Bonchev–Trinajstić information content (AvgIpc) is 3.32. The predicted molar refractivity (Wildman–Crippen MR) is 139 cm³/mol. The lowest BCUT2D eigenvalue weighted by atomic mass is 9.99. The van der Waals surface area contributed by atoms with Crippen LogP contribution in [-0.2, 0) is 27.1 Å². The maximum atomic E-state index is 12.0. The minimum atomic E-state index is -1.52. The summed E-state index contributed by atoms with van der Waals surface area (Å²) < 4.78 is 17.1. The number of carbonyl (C=O) groups excluding carboxylic acids is 1. The van der Waals surface area contributed by atoms with Crippen molar-refractivity contribution in [1.82, 2.24) is 4.98 Å². The van der Waals surface area contributed by atoms with Gasteiger partial charge in [0, 0.05) is 23.5 Å². The molecule has 0 spiro atoms. The van der Waals surface area contributed by atoms with Crippen LogP contribution in [0, 0.1) is 0 Å². The monoisotopic (exact) mass is 511 g/mol. The van der Waals surface area contributed by atoms with Crippen LogP contribution in [0.3, 0.4) is 0 Å². The van der Waals surface area contributed by atoms with Gasteiger partial charge in [0.05, 0.1) is 0 Å². The molecule has 1 aliphatic rings. The zero-order valence-electron chi connectivity index (χ0n) is 21.4. The number of aryl methyl sites for hydroxylation is 1. The van der Waals surface area contributed by atoms with E-state index in [2.05, 4.69) is 36.2 Å². The minimum absolute atomic E-state index is 0.247. The molecule has 0 unspecified atom stereocenters. The van der Waals surface area contributed by atoms with Gasteiger partial charge in [0.2, 0.25) is 6.29 Å². The summed E-state index contributed by atoms with van der Waals surface area (Å²) in [4.78, 5) is 15.3. The van der Waals surface area contributed by atoms with Gasteiger partial charge < -0.3 is 34.5 Å². The van der Waals surface area contributed by atoms with Gasteiger partial charge in [-0.1, -0.05) is 57.0 Å². The van der Waals surface area contributed by atoms with Crippen molar-refractivity contribution in [2.24, 2.45) is 0 Å². The third kappa shape index (κ3) is 6.51. The molecule has 8 nitrogen and oxygen atoms in total. The standard InChI is InChI=1S/C29H37NO7/c1-3-5-6-10-24(31)35-17-23-26(32)27(33)28(34)29(37-23)36-22-9-7-8-21-25(22)20(16-30-21)15-19-13-11-18(4-2)12-14-19/h7-9,11-14,16,23,26-30,32-34H,3-6,10,15,17H2,1-2H3/t23-,26-,27+,28-,29-/m1/s1. The van der Waals surface area contributed by atoms with Crippen molar-refractivity contribution in [2.45, 2.75) is 83.1 Å². The number of nitrogens with one attached hydrogen (secondary N) is 1. The molecular weight excluding hydrogens is 474 g/mol. The van der Waals surface area contributed by atoms with E-state index in [0.29, 0.717) is 12.2 Å². The highest BCUT2D eigenvalue weighted by Gasteiger charge is 2.45. The van der Waals surface area contributed by atoms with Crippen LogP contribution >= 0.6 is 0 Å². The van der Waals surface area contributed by atoms with Crippen LogP contribution in [0.5, 0.6) is 5.75 Å². The number of hydrogen-bond acceptors (Lipinski definition) is 7. The van der Waals surface area contributed by atoms with E-state index in [1.54, 1.807) is 6.07 Å². The van der Waals surface area contributed by atoms with Gasteiger partial charge in [0.15, 0.2) is 0 Å². The second-order valence-corrected chi connectivity index (χ2v) is 9.61. The average molecular weight is 512 g/mol. The molecular formula is C29H37NO7. The van der Waals surface area contributed by atoms with E-state index in [0.717, 1.165) is 47.7 Å². The molecule has 5 atom stereocenters. The lowest BCUT2D eigenvalue weighted by molar-refractivity contribution is -0.278. The highest BCUT2D eigenvalue weighted by Crippen LogP contribution is 2.33. The molecule has 4 N–H and O–H groups in total. The van der Waals surface area contributed by atoms with E-state index in [1.807, 2.05) is 25.3 Å². The van der Waals surface area contributed by atoms with E-state index < -0.39 is 36.7 Å². The summed E-state index contributed by atoms with van der Waals surface area (Å²) in [5, 5.41) is 32.3. The zero-order valence-corrected chi connectivity index (χ0v) is 21.4. The van der Waals surface area contributed by atoms with Gasteiger partial charge in [-0.05, 0) is 48.1 Å². The minimum Gasteiger partial charge on any atom is -0.463 e. The van der Waals surface area contributed by atoms with Crippen LogP contribution in [0.2, 0.25) is 0 Å². The maximum Gasteiger partial charge on any atom is 0.305 e. The van der Waals surface area contributed by atoms with Gasteiger partial charge in [-0.2, -0.15) is 0 Å². The molecule has 37 heavy (non-hydrogen) atoms. The first-order valence-corrected chi connectivity index (χ1v) is 13.1. The highest BCUT2D eigenvalue weighted by molar-refractivity contribution is 5.89. The molecule has 200 valence electrons. The number of aromatic nitrogens is 1. The maximum absolute atomic E-state index is 12.0. The van der Waals surface area contributed by atoms with Gasteiger partial charge in [-0.25, -0.2) is 0 Å². The van der Waals surface area contributed by atoms with Crippen molar-refractivity contribution in [1.29, 1.82) is 0 Å². The predicted octanol–water partition coefficient (Wildman–Crippen LogP) is 3.63. The number of fused-ring (bicyclic) bond motifs is 1. The van der Waals surface area contributed by atoms with Crippen molar-refractivity contribution in [3.8, 4) is 5.75 Å². The van der Waals surface area contributed by atoms with Gasteiger partial charge >= 0.3 is 5.97 Å². The van der Waals surface area contributed by atoms with E-state index in [-0.39, 0.29) is 13.0 Å². The van der Waals surface area contributed by atoms with E-state index in [1.165, 1.54) is 5.56 Å². The number of benzene rings is 2. The van der Waals surface area contributed by atoms with E-state index in [4.69, 9.17) is 14.2 Å². The molecule has 0 saturated carbocycles. The Kier molecular flexibility index (Phi) is 9.21. The van der Waals surface area contributed by atoms with Crippen LogP contribution < -0.4 is 4.74 Å². The number of esters is 1. The second kappa shape index (κ2) is 12.6. The van der Waals surface area contributed by atoms with Gasteiger partial charge in [-0.3, -0.25) is 4.79 Å². The molecule has 1 saturated heterocycles. The second-order valence-electron chi connectivity index (χ2n) is 9.61. The first-order chi connectivity index (χ1) is 17.9. The Bertz CT molecular complexity index is 1160. The molecule has 8 heteroatoms. The Labute approximate surface area is 217 Å². The Morgan fingerprint density at radius 3 is 2.46 bits per heavy atom. The quantitative estimate of drug-likeness (QED) is 0.229. The molecule has 0 bridgehead atoms. The number of hydrogen-bond donors (Lipinski definition) is 4. The molecule has 0 amide bonds. The van der Waals surface area contributed by atoms with Gasteiger partial charge in [0.1, 0.15) is 36.8 Å². The molecule has 1 aliphatic heterocycles. The third-order valence-electron chi connectivity index (χ3n) is 6.88. The Morgan fingerprint density at radius 1 is 0.973 bits per heavy atom. The van der Waals surface area contributed by atoms with Crippen LogP contribution in [-0.4, -0.2) is 63.6 Å². The summed E-state index contributed by atoms with van der Waals surface area (Å²) >= 11 is 0. The third-order valence-corrected chi connectivity index (χ3v) is 6.88. The van der Waals surface area contributed by atoms with E-state index in [9.17, 15) is 20.1 Å². The lowest BCUT2D eigenvalue weighted by Crippen LogP contribution is -2.60. The summed E-state index contributed by atoms with van der Waals surface area (Å²) in [5.41, 5.74) is 4.30. The van der Waals surface area contributed by atoms with Crippen molar-refractivity contribution < 1.29 is 34.3 Å². The molecule has 2 heterocycles. The molecule has 1 fully saturated rings. The number of rotatable bonds is 11. The molecule has 0 aliphatic carbocycles. The first kappa shape index (κ1) is 27.1. The summed E-state index contributed by atoms with van der Waals surface area (Å²) in [6.07, 6.45) is -0.244. The molecule has 2 aromatic carbocycles. The fraction of sp³-hybridized carbons (Fsp3) is 0.483. The van der Waals surface area contributed by atoms with Crippen LogP contribution in [0.25, 0.3) is 10.9 Å². The molecule has 0 radical (unpaired) electrons. The van der Waals surface area contributed by atoms with Crippen LogP contribution in [0.1, 0.15) is 56.2 Å². The number of aliphatic hydroxyl groups excluding tert-OH is 3. The normalized spacial score (nSPS) is 23.8. The Balaban J connectivity index is 1.49. The number of ether oxygens (including phenoxy) is 3. The molecule has 4 rings (SSSR count). The summed E-state index contributed by atoms with van der Waals surface area (Å²) in [6, 6.07) is 14.0. The largest absolute Gasteiger partial charge is 0.463 e. The van der Waals surface area contributed by atoms with Gasteiger partial charge in [0.25, 0.3) is 0 Å². The topological polar surface area (TPSA) is 121 Å². The summed E-state index contributed by atoms with van der Waals surface area (Å²) in [7, 11) is 0. The number of H-pyrrole nitrogens is 1. The number of aliphatic hydroxyl groups is 3. The summed E-state index contributed by atoms with van der Waals surface area (Å²) in [5.74, 6) is 0.0814. The van der Waals surface area contributed by atoms with Crippen molar-refractivity contribution in [3.63, 3.8) is 0 Å². The number of aromatic amines is 1. The van der Waals surface area contributed by atoms with Crippen LogP contribution in [0.4, 0.5) is 0 Å². The Hall–Kier alpha value is -2.91. The fourth-order valence-corrected chi connectivity index (χ4v) is 4.61. The smallest absolute Gasteiger partial charge is 0.305 e. The molecule has 1 aromatic heterocycles. The van der Waals surface area contributed by atoms with Crippen molar-refractivity contribution in [3.05, 3.63) is 65.4 Å². The zero-order chi connectivity index (χ0) is 26.4. The highest BCUT2D eigenvalue weighted by atomic mass is 16.7.